The molecule has 1 aliphatic rings. The highest BCUT2D eigenvalue weighted by atomic mass is 35.5. The average molecular weight is 320 g/mol. The number of nitrogens with zero attached hydrogens (tertiary/aromatic N) is 1. The summed E-state index contributed by atoms with van der Waals surface area (Å²) < 4.78 is 32.0. The molecule has 7 heteroatoms. The number of piperidine rings is 1. The highest BCUT2D eigenvalue weighted by Crippen LogP contribution is 2.32. The van der Waals surface area contributed by atoms with Gasteiger partial charge in [0.2, 0.25) is 10.0 Å². The van der Waals surface area contributed by atoms with E-state index in [-0.39, 0.29) is 23.3 Å². The maximum Gasteiger partial charge on any atom is 0.247 e. The third kappa shape index (κ3) is 2.93. The van der Waals surface area contributed by atoms with E-state index in [4.69, 9.17) is 16.3 Å². The monoisotopic (exact) mass is 319 g/mol. The quantitative estimate of drug-likeness (QED) is 0.920. The van der Waals surface area contributed by atoms with Gasteiger partial charge in [-0.2, -0.15) is 4.31 Å². The number of halogens is 1. The number of sulfonamides is 1. The maximum atomic E-state index is 12.7. The van der Waals surface area contributed by atoms with Crippen molar-refractivity contribution >= 4 is 21.6 Å². The van der Waals surface area contributed by atoms with Crippen LogP contribution in [0.1, 0.15) is 19.3 Å². The van der Waals surface area contributed by atoms with Gasteiger partial charge in [-0.3, -0.25) is 0 Å². The topological polar surface area (TPSA) is 66.8 Å². The third-order valence-electron chi connectivity index (χ3n) is 3.50. The number of benzene rings is 1. The van der Waals surface area contributed by atoms with E-state index in [9.17, 15) is 13.5 Å². The standard InChI is InChI=1S/C13H18ClNO4S/c1-19-12-8-10(14)5-6-13(12)20(17,18)15-7-3-2-4-11(15)9-16/h5-6,8,11,16H,2-4,7,9H2,1H3. The predicted octanol–water partition coefficient (Wildman–Crippen LogP) is 1.88. The van der Waals surface area contributed by atoms with Crippen LogP contribution in [0.15, 0.2) is 23.1 Å². The molecule has 112 valence electrons. The molecule has 2 rings (SSSR count). The fraction of sp³-hybridized carbons (Fsp3) is 0.538. The number of ether oxygens (including phenoxy) is 1. The molecular formula is C13H18ClNO4S. The molecule has 1 heterocycles. The number of hydrogen-bond donors (Lipinski definition) is 1. The van der Waals surface area contributed by atoms with Crippen molar-refractivity contribution < 1.29 is 18.3 Å². The van der Waals surface area contributed by atoms with Gasteiger partial charge in [-0.15, -0.1) is 0 Å². The molecule has 0 saturated carbocycles. The molecule has 1 unspecified atom stereocenters. The van der Waals surface area contributed by atoms with Crippen LogP contribution in [-0.4, -0.2) is 44.1 Å². The zero-order valence-electron chi connectivity index (χ0n) is 11.3. The average Bonchev–Trinajstić information content (AvgIpc) is 2.46. The second-order valence-electron chi connectivity index (χ2n) is 4.74. The lowest BCUT2D eigenvalue weighted by Gasteiger charge is -2.33. The zero-order chi connectivity index (χ0) is 14.8. The molecule has 0 amide bonds. The summed E-state index contributed by atoms with van der Waals surface area (Å²) in [6, 6.07) is 4.08. The van der Waals surface area contributed by atoms with Crippen molar-refractivity contribution in [2.24, 2.45) is 0 Å². The molecule has 20 heavy (non-hydrogen) atoms. The summed E-state index contributed by atoms with van der Waals surface area (Å²) in [4.78, 5) is 0.0877. The highest BCUT2D eigenvalue weighted by Gasteiger charge is 2.34. The van der Waals surface area contributed by atoms with Crippen molar-refractivity contribution in [3.63, 3.8) is 0 Å². The van der Waals surface area contributed by atoms with E-state index in [2.05, 4.69) is 0 Å². The summed E-state index contributed by atoms with van der Waals surface area (Å²) in [6.45, 7) is 0.245. The molecule has 0 aromatic heterocycles. The number of aliphatic hydroxyl groups excluding tert-OH is 1. The van der Waals surface area contributed by atoms with E-state index in [0.717, 1.165) is 12.8 Å². The number of rotatable bonds is 4. The minimum atomic E-state index is -3.69. The Bertz CT molecular complexity index is 576. The largest absolute Gasteiger partial charge is 0.495 e. The van der Waals surface area contributed by atoms with Gasteiger partial charge in [0, 0.05) is 23.7 Å². The van der Waals surface area contributed by atoms with Crippen molar-refractivity contribution in [2.45, 2.75) is 30.2 Å². The van der Waals surface area contributed by atoms with E-state index < -0.39 is 10.0 Å². The fourth-order valence-electron chi connectivity index (χ4n) is 2.45. The number of methoxy groups -OCH3 is 1. The third-order valence-corrected chi connectivity index (χ3v) is 5.72. The van der Waals surface area contributed by atoms with Crippen LogP contribution in [0.4, 0.5) is 0 Å². The Hall–Kier alpha value is -0.820. The van der Waals surface area contributed by atoms with Gasteiger partial charge in [0.25, 0.3) is 0 Å². The van der Waals surface area contributed by atoms with Gasteiger partial charge in [-0.05, 0) is 25.0 Å². The van der Waals surface area contributed by atoms with Gasteiger partial charge in [-0.1, -0.05) is 18.0 Å². The molecule has 1 aromatic carbocycles. The first-order valence-electron chi connectivity index (χ1n) is 6.47. The Morgan fingerprint density at radius 2 is 2.20 bits per heavy atom. The lowest BCUT2D eigenvalue weighted by atomic mass is 10.1. The van der Waals surface area contributed by atoms with E-state index in [1.165, 1.54) is 29.6 Å². The molecule has 0 aliphatic carbocycles. The molecule has 1 aliphatic heterocycles. The minimum absolute atomic E-state index is 0.0877. The van der Waals surface area contributed by atoms with Crippen LogP contribution >= 0.6 is 11.6 Å². The van der Waals surface area contributed by atoms with Gasteiger partial charge < -0.3 is 9.84 Å². The Morgan fingerprint density at radius 3 is 2.85 bits per heavy atom. The summed E-state index contributed by atoms with van der Waals surface area (Å²) in [5.74, 6) is 0.222. The summed E-state index contributed by atoms with van der Waals surface area (Å²) in [5.41, 5.74) is 0. The Kier molecular flexibility index (Phi) is 4.90. The molecule has 0 spiro atoms. The van der Waals surface area contributed by atoms with Gasteiger partial charge in [-0.25, -0.2) is 8.42 Å². The van der Waals surface area contributed by atoms with E-state index >= 15 is 0 Å². The van der Waals surface area contributed by atoms with E-state index in [0.29, 0.717) is 18.0 Å². The highest BCUT2D eigenvalue weighted by molar-refractivity contribution is 7.89. The molecule has 0 radical (unpaired) electrons. The van der Waals surface area contributed by atoms with Crippen molar-refractivity contribution in [3.8, 4) is 5.75 Å². The van der Waals surface area contributed by atoms with Crippen LogP contribution in [0.3, 0.4) is 0 Å². The molecule has 1 saturated heterocycles. The SMILES string of the molecule is COc1cc(Cl)ccc1S(=O)(=O)N1CCCCC1CO. The molecule has 0 bridgehead atoms. The van der Waals surface area contributed by atoms with Gasteiger partial charge >= 0.3 is 0 Å². The second-order valence-corrected chi connectivity index (χ2v) is 7.04. The van der Waals surface area contributed by atoms with Crippen LogP contribution in [-0.2, 0) is 10.0 Å². The number of hydrogen-bond acceptors (Lipinski definition) is 4. The van der Waals surface area contributed by atoms with Crippen LogP contribution in [0.25, 0.3) is 0 Å². The van der Waals surface area contributed by atoms with Crippen molar-refractivity contribution in [1.29, 1.82) is 0 Å². The maximum absolute atomic E-state index is 12.7. The molecule has 1 fully saturated rings. The molecule has 1 N–H and O–H groups in total. The summed E-state index contributed by atoms with van der Waals surface area (Å²) in [6.07, 6.45) is 2.40. The lowest BCUT2D eigenvalue weighted by Crippen LogP contribution is -2.45. The zero-order valence-corrected chi connectivity index (χ0v) is 12.8. The minimum Gasteiger partial charge on any atom is -0.495 e. The predicted molar refractivity (Wildman–Crippen MR) is 76.6 cm³/mol. The number of aliphatic hydroxyl groups is 1. The van der Waals surface area contributed by atoms with Gasteiger partial charge in [0.1, 0.15) is 10.6 Å². The van der Waals surface area contributed by atoms with Crippen LogP contribution < -0.4 is 4.74 Å². The molecular weight excluding hydrogens is 302 g/mol. The van der Waals surface area contributed by atoms with Crippen molar-refractivity contribution in [2.75, 3.05) is 20.3 Å². The molecule has 1 atom stereocenters. The second kappa shape index (κ2) is 6.30. The summed E-state index contributed by atoms with van der Waals surface area (Å²) in [7, 11) is -2.29. The summed E-state index contributed by atoms with van der Waals surface area (Å²) >= 11 is 5.86. The lowest BCUT2D eigenvalue weighted by molar-refractivity contribution is 0.155. The smallest absolute Gasteiger partial charge is 0.247 e. The molecule has 5 nitrogen and oxygen atoms in total. The Balaban J connectivity index is 2.43. The first kappa shape index (κ1) is 15.6. The Labute approximate surface area is 124 Å². The first-order valence-corrected chi connectivity index (χ1v) is 8.28. The van der Waals surface area contributed by atoms with Crippen LogP contribution in [0.5, 0.6) is 5.75 Å². The Morgan fingerprint density at radius 1 is 1.45 bits per heavy atom. The van der Waals surface area contributed by atoms with Gasteiger partial charge in [0.05, 0.1) is 13.7 Å². The van der Waals surface area contributed by atoms with E-state index in [1.807, 2.05) is 0 Å². The van der Waals surface area contributed by atoms with Crippen molar-refractivity contribution in [3.05, 3.63) is 23.2 Å². The van der Waals surface area contributed by atoms with Crippen LogP contribution in [0, 0.1) is 0 Å². The van der Waals surface area contributed by atoms with Crippen LogP contribution in [0.2, 0.25) is 5.02 Å². The molecule has 1 aromatic rings. The summed E-state index contributed by atoms with van der Waals surface area (Å²) in [5, 5.41) is 9.80. The first-order chi connectivity index (χ1) is 9.50. The van der Waals surface area contributed by atoms with Gasteiger partial charge in [0.15, 0.2) is 0 Å². The van der Waals surface area contributed by atoms with Crippen molar-refractivity contribution in [1.82, 2.24) is 4.31 Å². The fourth-order valence-corrected chi connectivity index (χ4v) is 4.44. The van der Waals surface area contributed by atoms with E-state index in [1.54, 1.807) is 0 Å². The normalized spacial score (nSPS) is 20.9.